The lowest BCUT2D eigenvalue weighted by molar-refractivity contribution is -0.140. The van der Waals surface area contributed by atoms with Crippen LogP contribution >= 0.6 is 11.8 Å². The molecular formula is C22H38O3S. The van der Waals surface area contributed by atoms with Gasteiger partial charge in [0.15, 0.2) is 0 Å². The second-order valence-corrected chi connectivity index (χ2v) is 9.50. The lowest BCUT2D eigenvalue weighted by Gasteiger charge is -2.29. The fourth-order valence-electron chi connectivity index (χ4n) is 4.86. The van der Waals surface area contributed by atoms with Crippen LogP contribution in [0, 0.1) is 17.8 Å². The molecule has 4 atom stereocenters. The van der Waals surface area contributed by atoms with E-state index in [4.69, 9.17) is 0 Å². The molecule has 0 saturated heterocycles. The van der Waals surface area contributed by atoms with Crippen LogP contribution in [0.15, 0.2) is 0 Å². The maximum atomic E-state index is 12.8. The molecular weight excluding hydrogens is 344 g/mol. The Hall–Kier alpha value is -0.510. The summed E-state index contributed by atoms with van der Waals surface area (Å²) < 4.78 is 4.67. The number of ketones is 1. The number of ether oxygens (including phenoxy) is 1. The molecule has 2 fully saturated rings. The summed E-state index contributed by atoms with van der Waals surface area (Å²) in [6.45, 7) is 2.26. The van der Waals surface area contributed by atoms with E-state index in [1.165, 1.54) is 70.7 Å². The van der Waals surface area contributed by atoms with E-state index in [0.717, 1.165) is 18.8 Å². The number of hydrogen-bond acceptors (Lipinski definition) is 4. The third-order valence-corrected chi connectivity index (χ3v) is 7.89. The molecule has 0 aromatic carbocycles. The largest absolute Gasteiger partial charge is 0.469 e. The van der Waals surface area contributed by atoms with Gasteiger partial charge in [0.25, 0.3) is 0 Å². The molecule has 0 aromatic rings. The second kappa shape index (κ2) is 12.0. The SMILES string of the molecule is CCCCCCCCSC1C2CCC(C2)C1C(=O)CCCCC(=O)OC. The van der Waals surface area contributed by atoms with Crippen LogP contribution in [0.3, 0.4) is 0 Å². The van der Waals surface area contributed by atoms with Gasteiger partial charge in [-0.15, -0.1) is 0 Å². The van der Waals surface area contributed by atoms with E-state index >= 15 is 0 Å². The summed E-state index contributed by atoms with van der Waals surface area (Å²) in [6.07, 6.45) is 14.7. The van der Waals surface area contributed by atoms with E-state index in [9.17, 15) is 9.59 Å². The van der Waals surface area contributed by atoms with Crippen molar-refractivity contribution in [2.45, 2.75) is 95.6 Å². The van der Waals surface area contributed by atoms with Crippen molar-refractivity contribution >= 4 is 23.5 Å². The van der Waals surface area contributed by atoms with Crippen molar-refractivity contribution in [3.05, 3.63) is 0 Å². The van der Waals surface area contributed by atoms with E-state index in [1.807, 2.05) is 0 Å². The van der Waals surface area contributed by atoms with E-state index in [0.29, 0.717) is 35.7 Å². The average Bonchev–Trinajstić information content (AvgIpc) is 3.25. The predicted octanol–water partition coefficient (Wildman–Crippen LogP) is 5.80. The lowest BCUT2D eigenvalue weighted by Crippen LogP contribution is -2.32. The molecule has 0 heterocycles. The number of fused-ring (bicyclic) bond motifs is 2. The van der Waals surface area contributed by atoms with Crippen molar-refractivity contribution in [1.29, 1.82) is 0 Å². The van der Waals surface area contributed by atoms with Crippen LogP contribution in [0.1, 0.15) is 90.4 Å². The molecule has 0 aliphatic heterocycles. The minimum Gasteiger partial charge on any atom is -0.469 e. The van der Waals surface area contributed by atoms with Gasteiger partial charge in [-0.05, 0) is 56.1 Å². The first-order valence-corrected chi connectivity index (χ1v) is 11.9. The Labute approximate surface area is 164 Å². The highest BCUT2D eigenvalue weighted by Gasteiger charge is 2.50. The molecule has 0 N–H and O–H groups in total. The molecule has 0 spiro atoms. The first kappa shape index (κ1) is 21.8. The van der Waals surface area contributed by atoms with Gasteiger partial charge >= 0.3 is 5.97 Å². The molecule has 2 bridgehead atoms. The zero-order chi connectivity index (χ0) is 18.8. The Morgan fingerprint density at radius 3 is 2.38 bits per heavy atom. The molecule has 2 aliphatic carbocycles. The Morgan fingerprint density at radius 2 is 1.62 bits per heavy atom. The normalized spacial score (nSPS) is 27.0. The number of methoxy groups -OCH3 is 1. The molecule has 150 valence electrons. The number of carbonyl (C=O) groups excluding carboxylic acids is 2. The van der Waals surface area contributed by atoms with Crippen molar-refractivity contribution in [2.75, 3.05) is 12.9 Å². The van der Waals surface area contributed by atoms with Gasteiger partial charge in [0.05, 0.1) is 7.11 Å². The standard InChI is InChI=1S/C22H38O3S/c1-3-4-5-6-7-10-15-26-22-18-14-13-17(16-18)21(22)19(23)11-8-9-12-20(24)25-2/h17-18,21-22H,3-16H2,1-2H3. The van der Waals surface area contributed by atoms with E-state index in [1.54, 1.807) is 0 Å². The minimum atomic E-state index is -0.162. The number of thioether (sulfide) groups is 1. The van der Waals surface area contributed by atoms with Crippen LogP contribution in [0.25, 0.3) is 0 Å². The molecule has 2 aliphatic rings. The summed E-state index contributed by atoms with van der Waals surface area (Å²) in [5.74, 6) is 3.28. The third-order valence-electron chi connectivity index (χ3n) is 6.30. The predicted molar refractivity (Wildman–Crippen MR) is 109 cm³/mol. The Bertz CT molecular complexity index is 437. The molecule has 3 nitrogen and oxygen atoms in total. The molecule has 4 heteroatoms. The number of carbonyl (C=O) groups is 2. The van der Waals surface area contributed by atoms with Gasteiger partial charge in [0, 0.05) is 24.0 Å². The summed E-state index contributed by atoms with van der Waals surface area (Å²) in [5.41, 5.74) is 0. The lowest BCUT2D eigenvalue weighted by atomic mass is 9.83. The smallest absolute Gasteiger partial charge is 0.305 e. The average molecular weight is 383 g/mol. The third kappa shape index (κ3) is 6.58. The number of hydrogen-bond donors (Lipinski definition) is 0. The highest BCUT2D eigenvalue weighted by molar-refractivity contribution is 7.99. The maximum Gasteiger partial charge on any atom is 0.305 e. The summed E-state index contributed by atoms with van der Waals surface area (Å²) in [4.78, 5) is 24.0. The van der Waals surface area contributed by atoms with Crippen LogP contribution in [0.5, 0.6) is 0 Å². The highest BCUT2D eigenvalue weighted by atomic mass is 32.2. The van der Waals surface area contributed by atoms with E-state index in [-0.39, 0.29) is 5.97 Å². The van der Waals surface area contributed by atoms with Crippen LogP contribution < -0.4 is 0 Å². The molecule has 0 aromatic heterocycles. The molecule has 2 rings (SSSR count). The number of Topliss-reactive ketones (excluding diaryl/α,β-unsaturated/α-hetero) is 1. The van der Waals surface area contributed by atoms with Gasteiger partial charge in [-0.2, -0.15) is 11.8 Å². The first-order valence-electron chi connectivity index (χ1n) is 10.9. The highest BCUT2D eigenvalue weighted by Crippen LogP contribution is 2.54. The van der Waals surface area contributed by atoms with Gasteiger partial charge in [0.2, 0.25) is 0 Å². The second-order valence-electron chi connectivity index (χ2n) is 8.21. The fourth-order valence-corrected chi connectivity index (χ4v) is 6.61. The Balaban J connectivity index is 1.68. The quantitative estimate of drug-likeness (QED) is 0.281. The van der Waals surface area contributed by atoms with Gasteiger partial charge < -0.3 is 4.74 Å². The summed E-state index contributed by atoms with van der Waals surface area (Å²) in [5, 5.41) is 0.581. The zero-order valence-electron chi connectivity index (χ0n) is 16.8. The van der Waals surface area contributed by atoms with E-state index < -0.39 is 0 Å². The Kier molecular flexibility index (Phi) is 10.1. The summed E-state index contributed by atoms with van der Waals surface area (Å²) >= 11 is 2.10. The van der Waals surface area contributed by atoms with Crippen molar-refractivity contribution in [3.63, 3.8) is 0 Å². The van der Waals surface area contributed by atoms with Gasteiger partial charge in [-0.25, -0.2) is 0 Å². The van der Waals surface area contributed by atoms with Crippen LogP contribution in [0.2, 0.25) is 0 Å². The van der Waals surface area contributed by atoms with Gasteiger partial charge in [0.1, 0.15) is 5.78 Å². The van der Waals surface area contributed by atoms with Crippen LogP contribution in [-0.2, 0) is 14.3 Å². The van der Waals surface area contributed by atoms with Gasteiger partial charge in [-0.3, -0.25) is 9.59 Å². The van der Waals surface area contributed by atoms with Crippen molar-refractivity contribution < 1.29 is 14.3 Å². The molecule has 26 heavy (non-hydrogen) atoms. The molecule has 2 saturated carbocycles. The molecule has 0 amide bonds. The zero-order valence-corrected chi connectivity index (χ0v) is 17.7. The first-order chi connectivity index (χ1) is 12.7. The topological polar surface area (TPSA) is 43.4 Å². The maximum absolute atomic E-state index is 12.8. The number of unbranched alkanes of at least 4 members (excludes halogenated alkanes) is 6. The minimum absolute atomic E-state index is 0.162. The number of esters is 1. The monoisotopic (exact) mass is 382 g/mol. The van der Waals surface area contributed by atoms with Crippen LogP contribution in [-0.4, -0.2) is 29.9 Å². The fraction of sp³-hybridized carbons (Fsp3) is 0.909. The summed E-state index contributed by atoms with van der Waals surface area (Å²) in [6, 6.07) is 0. The summed E-state index contributed by atoms with van der Waals surface area (Å²) in [7, 11) is 1.42. The van der Waals surface area contributed by atoms with Crippen LogP contribution in [0.4, 0.5) is 0 Å². The van der Waals surface area contributed by atoms with Crippen molar-refractivity contribution in [2.24, 2.45) is 17.8 Å². The Morgan fingerprint density at radius 1 is 0.923 bits per heavy atom. The van der Waals surface area contributed by atoms with Gasteiger partial charge in [-0.1, -0.05) is 39.0 Å². The van der Waals surface area contributed by atoms with Crippen molar-refractivity contribution in [3.8, 4) is 0 Å². The van der Waals surface area contributed by atoms with E-state index in [2.05, 4.69) is 23.4 Å². The molecule has 4 unspecified atom stereocenters. The van der Waals surface area contributed by atoms with Crippen molar-refractivity contribution in [1.82, 2.24) is 0 Å². The molecule has 0 radical (unpaired) electrons. The number of rotatable bonds is 14.